The number of aryl methyl sites for hydroxylation is 1. The fourth-order valence-electron chi connectivity index (χ4n) is 2.43. The molecule has 130 valence electrons. The first kappa shape index (κ1) is 17.3. The Kier molecular flexibility index (Phi) is 4.95. The minimum Gasteiger partial charge on any atom is -0.460 e. The molecule has 0 aliphatic carbocycles. The van der Waals surface area contributed by atoms with Gasteiger partial charge in [-0.05, 0) is 43.2 Å². The standard InChI is InChI=1S/C19H20ClN3O2/c1-12(2)11-21-19(24)17-10-16(18-8-7-13(3)25-18)22-23(17)15-6-4-5-14(20)9-15/h4-10,12H,11H2,1-3H3,(H,21,24). The zero-order valence-corrected chi connectivity index (χ0v) is 15.2. The number of hydrogen-bond donors (Lipinski definition) is 1. The third kappa shape index (κ3) is 3.94. The highest BCUT2D eigenvalue weighted by Crippen LogP contribution is 2.24. The van der Waals surface area contributed by atoms with Gasteiger partial charge in [0.2, 0.25) is 0 Å². The van der Waals surface area contributed by atoms with Crippen LogP contribution < -0.4 is 5.32 Å². The van der Waals surface area contributed by atoms with Crippen LogP contribution in [-0.2, 0) is 0 Å². The molecule has 1 aromatic carbocycles. The molecule has 0 saturated heterocycles. The summed E-state index contributed by atoms with van der Waals surface area (Å²) in [6.07, 6.45) is 0. The van der Waals surface area contributed by atoms with Crippen LogP contribution in [0, 0.1) is 12.8 Å². The minimum absolute atomic E-state index is 0.185. The Morgan fingerprint density at radius 3 is 2.72 bits per heavy atom. The van der Waals surface area contributed by atoms with Gasteiger partial charge in [0.15, 0.2) is 5.76 Å². The van der Waals surface area contributed by atoms with Crippen LogP contribution >= 0.6 is 11.6 Å². The molecule has 0 aliphatic rings. The van der Waals surface area contributed by atoms with Crippen molar-refractivity contribution in [3.05, 3.63) is 58.9 Å². The summed E-state index contributed by atoms with van der Waals surface area (Å²) in [5.41, 5.74) is 1.76. The number of halogens is 1. The van der Waals surface area contributed by atoms with Gasteiger partial charge in [0.25, 0.3) is 5.91 Å². The topological polar surface area (TPSA) is 60.1 Å². The van der Waals surface area contributed by atoms with Gasteiger partial charge in [-0.3, -0.25) is 4.79 Å². The van der Waals surface area contributed by atoms with Crippen molar-refractivity contribution in [2.45, 2.75) is 20.8 Å². The van der Waals surface area contributed by atoms with Crippen molar-refractivity contribution in [2.24, 2.45) is 5.92 Å². The molecule has 0 spiro atoms. The summed E-state index contributed by atoms with van der Waals surface area (Å²) in [7, 11) is 0. The van der Waals surface area contributed by atoms with Crippen molar-refractivity contribution in [1.82, 2.24) is 15.1 Å². The molecule has 0 aliphatic heterocycles. The third-order valence-corrected chi connectivity index (χ3v) is 3.89. The van der Waals surface area contributed by atoms with Gasteiger partial charge < -0.3 is 9.73 Å². The molecular formula is C19H20ClN3O2. The van der Waals surface area contributed by atoms with Gasteiger partial charge in [-0.2, -0.15) is 5.10 Å². The lowest BCUT2D eigenvalue weighted by molar-refractivity contribution is 0.0941. The highest BCUT2D eigenvalue weighted by atomic mass is 35.5. The second-order valence-corrected chi connectivity index (χ2v) is 6.76. The summed E-state index contributed by atoms with van der Waals surface area (Å²) in [6.45, 7) is 6.56. The van der Waals surface area contributed by atoms with Gasteiger partial charge in [0, 0.05) is 17.6 Å². The Balaban J connectivity index is 2.04. The molecule has 3 rings (SSSR count). The second kappa shape index (κ2) is 7.15. The smallest absolute Gasteiger partial charge is 0.270 e. The van der Waals surface area contributed by atoms with Gasteiger partial charge in [-0.1, -0.05) is 31.5 Å². The van der Waals surface area contributed by atoms with Crippen LogP contribution in [0.3, 0.4) is 0 Å². The maximum Gasteiger partial charge on any atom is 0.270 e. The van der Waals surface area contributed by atoms with E-state index in [1.807, 2.05) is 45.0 Å². The Hall–Kier alpha value is -2.53. The normalized spacial score (nSPS) is 11.1. The average Bonchev–Trinajstić information content (AvgIpc) is 3.19. The fourth-order valence-corrected chi connectivity index (χ4v) is 2.61. The molecule has 2 heterocycles. The molecule has 5 nitrogen and oxygen atoms in total. The van der Waals surface area contributed by atoms with Crippen LogP contribution in [0.15, 0.2) is 46.9 Å². The number of rotatable bonds is 5. The molecule has 2 aromatic heterocycles. The first-order valence-corrected chi connectivity index (χ1v) is 8.53. The van der Waals surface area contributed by atoms with Gasteiger partial charge in [0.05, 0.1) is 5.69 Å². The lowest BCUT2D eigenvalue weighted by atomic mass is 10.2. The maximum atomic E-state index is 12.6. The van der Waals surface area contributed by atoms with E-state index < -0.39 is 0 Å². The summed E-state index contributed by atoms with van der Waals surface area (Å²) >= 11 is 6.10. The number of nitrogens with zero attached hydrogens (tertiary/aromatic N) is 2. The van der Waals surface area contributed by atoms with E-state index in [9.17, 15) is 4.79 Å². The Labute approximate surface area is 151 Å². The predicted octanol–water partition coefficient (Wildman–Crippen LogP) is 4.48. The molecule has 0 radical (unpaired) electrons. The van der Waals surface area contributed by atoms with Crippen molar-refractivity contribution in [2.75, 3.05) is 6.54 Å². The quantitative estimate of drug-likeness (QED) is 0.732. The molecule has 0 saturated carbocycles. The van der Waals surface area contributed by atoms with E-state index in [4.69, 9.17) is 16.0 Å². The van der Waals surface area contributed by atoms with Crippen LogP contribution in [0.1, 0.15) is 30.1 Å². The number of aromatic nitrogens is 2. The van der Waals surface area contributed by atoms with E-state index >= 15 is 0 Å². The number of amides is 1. The van der Waals surface area contributed by atoms with Crippen LogP contribution in [0.5, 0.6) is 0 Å². The zero-order valence-electron chi connectivity index (χ0n) is 14.4. The van der Waals surface area contributed by atoms with Crippen LogP contribution in [0.25, 0.3) is 17.1 Å². The van der Waals surface area contributed by atoms with E-state index in [2.05, 4.69) is 10.4 Å². The van der Waals surface area contributed by atoms with Crippen LogP contribution in [-0.4, -0.2) is 22.2 Å². The average molecular weight is 358 g/mol. The van der Waals surface area contributed by atoms with Crippen molar-refractivity contribution in [3.8, 4) is 17.1 Å². The third-order valence-electron chi connectivity index (χ3n) is 3.66. The molecule has 0 fully saturated rings. The molecule has 0 atom stereocenters. The van der Waals surface area contributed by atoms with E-state index in [1.165, 1.54) is 0 Å². The Morgan fingerprint density at radius 2 is 2.08 bits per heavy atom. The highest BCUT2D eigenvalue weighted by molar-refractivity contribution is 6.30. The monoisotopic (exact) mass is 357 g/mol. The number of nitrogens with one attached hydrogen (secondary N) is 1. The molecule has 25 heavy (non-hydrogen) atoms. The summed E-state index contributed by atoms with van der Waals surface area (Å²) < 4.78 is 7.23. The summed E-state index contributed by atoms with van der Waals surface area (Å²) in [5, 5.41) is 8.07. The van der Waals surface area contributed by atoms with Gasteiger partial charge in [-0.15, -0.1) is 0 Å². The summed E-state index contributed by atoms with van der Waals surface area (Å²) in [5.74, 6) is 1.59. The minimum atomic E-state index is -0.185. The first-order valence-electron chi connectivity index (χ1n) is 8.15. The number of carbonyl (C=O) groups excluding carboxylic acids is 1. The number of furan rings is 1. The first-order chi connectivity index (χ1) is 11.9. The molecule has 6 heteroatoms. The van der Waals surface area contributed by atoms with Crippen molar-refractivity contribution in [3.63, 3.8) is 0 Å². The molecule has 1 amide bonds. The second-order valence-electron chi connectivity index (χ2n) is 6.32. The molecular weight excluding hydrogens is 338 g/mol. The van der Waals surface area contributed by atoms with E-state index in [1.54, 1.807) is 22.9 Å². The lowest BCUT2D eigenvalue weighted by Gasteiger charge is -2.10. The van der Waals surface area contributed by atoms with Crippen LogP contribution in [0.2, 0.25) is 5.02 Å². The lowest BCUT2D eigenvalue weighted by Crippen LogP contribution is -2.29. The molecule has 0 unspecified atom stereocenters. The predicted molar refractivity (Wildman–Crippen MR) is 98.2 cm³/mol. The molecule has 0 bridgehead atoms. The highest BCUT2D eigenvalue weighted by Gasteiger charge is 2.19. The Bertz CT molecular complexity index is 896. The van der Waals surface area contributed by atoms with Gasteiger partial charge in [0.1, 0.15) is 17.1 Å². The fraction of sp³-hybridized carbons (Fsp3) is 0.263. The van der Waals surface area contributed by atoms with Gasteiger partial charge in [-0.25, -0.2) is 4.68 Å². The van der Waals surface area contributed by atoms with E-state index in [0.29, 0.717) is 34.6 Å². The largest absolute Gasteiger partial charge is 0.460 e. The van der Waals surface area contributed by atoms with Crippen molar-refractivity contribution in [1.29, 1.82) is 0 Å². The Morgan fingerprint density at radius 1 is 1.28 bits per heavy atom. The zero-order chi connectivity index (χ0) is 18.0. The van der Waals surface area contributed by atoms with Crippen LogP contribution in [0.4, 0.5) is 0 Å². The number of benzene rings is 1. The molecule has 3 aromatic rings. The van der Waals surface area contributed by atoms with E-state index in [0.717, 1.165) is 11.4 Å². The SMILES string of the molecule is Cc1ccc(-c2cc(C(=O)NCC(C)C)n(-c3cccc(Cl)c3)n2)o1. The van der Waals surface area contributed by atoms with Crippen molar-refractivity contribution < 1.29 is 9.21 Å². The maximum absolute atomic E-state index is 12.6. The van der Waals surface area contributed by atoms with Crippen molar-refractivity contribution >= 4 is 17.5 Å². The number of carbonyl (C=O) groups is 1. The van der Waals surface area contributed by atoms with Gasteiger partial charge >= 0.3 is 0 Å². The number of hydrogen-bond acceptors (Lipinski definition) is 3. The molecule has 1 N–H and O–H groups in total. The van der Waals surface area contributed by atoms with E-state index in [-0.39, 0.29) is 5.91 Å². The summed E-state index contributed by atoms with van der Waals surface area (Å²) in [4.78, 5) is 12.6. The summed E-state index contributed by atoms with van der Waals surface area (Å²) in [6, 6.07) is 12.7.